The van der Waals surface area contributed by atoms with Gasteiger partial charge in [-0.25, -0.2) is 0 Å². The molecule has 0 aromatic carbocycles. The average Bonchev–Trinajstić information content (AvgIpc) is 3.00. The summed E-state index contributed by atoms with van der Waals surface area (Å²) in [7, 11) is 0. The Hall–Kier alpha value is -1.06. The van der Waals surface area contributed by atoms with Crippen molar-refractivity contribution in [1.29, 1.82) is 0 Å². The summed E-state index contributed by atoms with van der Waals surface area (Å²) in [5.74, 6) is 0.178. The standard InChI is InChI=1S/2C21H42O2/c1-4-5-6-7-8-9-10-11-12-13-14-15-16-17-20(19(2)3)18-21(22)23;1-4-5-6-7-8-9-10-11-12-13-14-15-16-17-18-19-21(22)23-20(2)3/h19-20H,4-18H2,1-3H3,(H,22,23);20H,4-19H2,1-3H3. The number of ether oxygens (including phenoxy) is 1. The number of carboxylic acid groups (broad SMARTS) is 1. The minimum absolute atomic E-state index is 0.0267. The van der Waals surface area contributed by atoms with E-state index in [4.69, 9.17) is 9.84 Å². The first-order valence-corrected chi connectivity index (χ1v) is 20.7. The predicted molar refractivity (Wildman–Crippen MR) is 202 cm³/mol. The molecule has 0 fully saturated rings. The van der Waals surface area contributed by atoms with Crippen molar-refractivity contribution in [2.45, 2.75) is 247 Å². The Balaban J connectivity index is 0. The van der Waals surface area contributed by atoms with E-state index in [9.17, 15) is 9.59 Å². The van der Waals surface area contributed by atoms with E-state index in [0.29, 0.717) is 24.7 Å². The highest BCUT2D eigenvalue weighted by Crippen LogP contribution is 2.23. The molecule has 0 aliphatic rings. The van der Waals surface area contributed by atoms with Gasteiger partial charge in [0.25, 0.3) is 0 Å². The molecule has 1 N–H and O–H groups in total. The monoisotopic (exact) mass is 653 g/mol. The molecule has 0 aromatic rings. The van der Waals surface area contributed by atoms with Gasteiger partial charge in [0.1, 0.15) is 0 Å². The second kappa shape index (κ2) is 38.4. The Morgan fingerprint density at radius 1 is 0.478 bits per heavy atom. The SMILES string of the molecule is CCCCCCCCCCCCCCCC(CC(=O)O)C(C)C.CCCCCCCCCCCCCCCCCC(=O)OC(C)C. The van der Waals surface area contributed by atoms with Crippen molar-refractivity contribution in [3.8, 4) is 0 Å². The van der Waals surface area contributed by atoms with Crippen LogP contribution in [-0.4, -0.2) is 23.1 Å². The Morgan fingerprint density at radius 3 is 1.07 bits per heavy atom. The minimum atomic E-state index is -0.640. The molecule has 1 unspecified atom stereocenters. The summed E-state index contributed by atoms with van der Waals surface area (Å²) < 4.78 is 5.13. The minimum Gasteiger partial charge on any atom is -0.481 e. The predicted octanol–water partition coefficient (Wildman–Crippen LogP) is 14.4. The van der Waals surface area contributed by atoms with Gasteiger partial charge in [-0.05, 0) is 38.5 Å². The van der Waals surface area contributed by atoms with E-state index in [-0.39, 0.29) is 12.1 Å². The highest BCUT2D eigenvalue weighted by molar-refractivity contribution is 5.69. The third kappa shape index (κ3) is 41.0. The molecule has 1 atom stereocenters. The number of carbonyl (C=O) groups excluding carboxylic acids is 1. The van der Waals surface area contributed by atoms with Crippen LogP contribution in [0, 0.1) is 11.8 Å². The molecule has 0 heterocycles. The van der Waals surface area contributed by atoms with Crippen LogP contribution in [0.2, 0.25) is 0 Å². The van der Waals surface area contributed by atoms with E-state index < -0.39 is 5.97 Å². The molecule has 4 nitrogen and oxygen atoms in total. The number of unbranched alkanes of at least 4 members (excludes halogenated alkanes) is 26. The summed E-state index contributed by atoms with van der Waals surface area (Å²) in [4.78, 5) is 22.2. The number of esters is 1. The van der Waals surface area contributed by atoms with Crippen LogP contribution < -0.4 is 0 Å². The van der Waals surface area contributed by atoms with Gasteiger partial charge < -0.3 is 9.84 Å². The average molecular weight is 653 g/mol. The molecule has 0 bridgehead atoms. The van der Waals surface area contributed by atoms with Crippen molar-refractivity contribution in [3.63, 3.8) is 0 Å². The molecule has 46 heavy (non-hydrogen) atoms. The maximum atomic E-state index is 11.4. The van der Waals surface area contributed by atoms with Gasteiger partial charge >= 0.3 is 11.9 Å². The lowest BCUT2D eigenvalue weighted by atomic mass is 9.87. The number of hydrogen-bond acceptors (Lipinski definition) is 3. The summed E-state index contributed by atoms with van der Waals surface area (Å²) in [6.07, 6.45) is 40.2. The van der Waals surface area contributed by atoms with Crippen LogP contribution in [0.4, 0.5) is 0 Å². The van der Waals surface area contributed by atoms with Gasteiger partial charge in [-0.15, -0.1) is 0 Å². The first kappa shape index (κ1) is 47.1. The Bertz CT molecular complexity index is 615. The fraction of sp³-hybridized carbons (Fsp3) is 0.952. The fourth-order valence-electron chi connectivity index (χ4n) is 6.28. The van der Waals surface area contributed by atoms with E-state index in [0.717, 1.165) is 12.8 Å². The van der Waals surface area contributed by atoms with Crippen LogP contribution in [0.25, 0.3) is 0 Å². The number of rotatable bonds is 34. The summed E-state index contributed by atoms with van der Waals surface area (Å²) in [5, 5.41) is 8.94. The molecule has 0 amide bonds. The Kier molecular flexibility index (Phi) is 39.3. The molecule has 0 saturated heterocycles. The van der Waals surface area contributed by atoms with Crippen LogP contribution in [0.5, 0.6) is 0 Å². The maximum absolute atomic E-state index is 11.4. The molecule has 0 aliphatic heterocycles. The van der Waals surface area contributed by atoms with Crippen LogP contribution in [0.3, 0.4) is 0 Å². The lowest BCUT2D eigenvalue weighted by molar-refractivity contribution is -0.147. The van der Waals surface area contributed by atoms with Gasteiger partial charge in [-0.3, -0.25) is 9.59 Å². The number of carbonyl (C=O) groups is 2. The Morgan fingerprint density at radius 2 is 0.783 bits per heavy atom. The topological polar surface area (TPSA) is 63.6 Å². The van der Waals surface area contributed by atoms with Crippen molar-refractivity contribution < 1.29 is 19.4 Å². The smallest absolute Gasteiger partial charge is 0.306 e. The molecule has 0 aliphatic carbocycles. The number of carboxylic acids is 1. The second-order valence-electron chi connectivity index (χ2n) is 14.9. The highest BCUT2D eigenvalue weighted by Gasteiger charge is 2.16. The van der Waals surface area contributed by atoms with Crippen molar-refractivity contribution in [2.24, 2.45) is 11.8 Å². The van der Waals surface area contributed by atoms with E-state index >= 15 is 0 Å². The molecule has 0 radical (unpaired) electrons. The normalized spacial score (nSPS) is 11.9. The summed E-state index contributed by atoms with van der Waals surface area (Å²) in [6.45, 7) is 12.7. The second-order valence-corrected chi connectivity index (χ2v) is 14.9. The van der Waals surface area contributed by atoms with Gasteiger partial charge in [0.15, 0.2) is 0 Å². The number of aliphatic carboxylic acids is 1. The summed E-state index contributed by atoms with van der Waals surface area (Å²) in [6, 6.07) is 0. The molecular formula is C42H84O4. The van der Waals surface area contributed by atoms with E-state index in [2.05, 4.69) is 27.7 Å². The zero-order chi connectivity index (χ0) is 34.5. The third-order valence-corrected chi connectivity index (χ3v) is 9.41. The first-order chi connectivity index (χ1) is 22.2. The molecule has 276 valence electrons. The zero-order valence-electron chi connectivity index (χ0n) is 32.3. The van der Waals surface area contributed by atoms with Gasteiger partial charge in [0, 0.05) is 12.8 Å². The van der Waals surface area contributed by atoms with Crippen molar-refractivity contribution in [3.05, 3.63) is 0 Å². The molecule has 0 saturated carbocycles. The van der Waals surface area contributed by atoms with E-state index in [1.807, 2.05) is 13.8 Å². The highest BCUT2D eigenvalue weighted by atomic mass is 16.5. The van der Waals surface area contributed by atoms with Gasteiger partial charge in [-0.2, -0.15) is 0 Å². The van der Waals surface area contributed by atoms with Crippen LogP contribution >= 0.6 is 0 Å². The van der Waals surface area contributed by atoms with Gasteiger partial charge in [-0.1, -0.05) is 201 Å². The molecule has 0 rings (SSSR count). The number of hydrogen-bond donors (Lipinski definition) is 1. The zero-order valence-corrected chi connectivity index (χ0v) is 32.3. The van der Waals surface area contributed by atoms with Crippen LogP contribution in [-0.2, 0) is 14.3 Å². The largest absolute Gasteiger partial charge is 0.481 e. The molecule has 0 spiro atoms. The third-order valence-electron chi connectivity index (χ3n) is 9.41. The maximum Gasteiger partial charge on any atom is 0.306 e. The molecule has 4 heteroatoms. The summed E-state index contributed by atoms with van der Waals surface area (Å²) in [5.41, 5.74) is 0. The lowest BCUT2D eigenvalue weighted by Gasteiger charge is -2.18. The fourth-order valence-corrected chi connectivity index (χ4v) is 6.28. The van der Waals surface area contributed by atoms with Crippen LogP contribution in [0.15, 0.2) is 0 Å². The van der Waals surface area contributed by atoms with E-state index in [1.165, 1.54) is 173 Å². The lowest BCUT2D eigenvalue weighted by Crippen LogP contribution is -2.13. The Labute approximate surface area is 289 Å². The van der Waals surface area contributed by atoms with E-state index in [1.54, 1.807) is 0 Å². The molecular weight excluding hydrogens is 568 g/mol. The van der Waals surface area contributed by atoms with Gasteiger partial charge in [0.05, 0.1) is 6.10 Å². The van der Waals surface area contributed by atoms with Gasteiger partial charge in [0.2, 0.25) is 0 Å². The first-order valence-electron chi connectivity index (χ1n) is 20.7. The van der Waals surface area contributed by atoms with Crippen molar-refractivity contribution in [1.82, 2.24) is 0 Å². The van der Waals surface area contributed by atoms with Crippen molar-refractivity contribution in [2.75, 3.05) is 0 Å². The quantitative estimate of drug-likeness (QED) is 0.0555. The molecule has 0 aromatic heterocycles. The summed E-state index contributed by atoms with van der Waals surface area (Å²) >= 11 is 0. The van der Waals surface area contributed by atoms with Crippen LogP contribution in [0.1, 0.15) is 241 Å². The van der Waals surface area contributed by atoms with Crippen molar-refractivity contribution >= 4 is 11.9 Å².